The summed E-state index contributed by atoms with van der Waals surface area (Å²) in [7, 11) is -0.508. The van der Waals surface area contributed by atoms with Crippen LogP contribution in [0.25, 0.3) is 0 Å². The Hall–Kier alpha value is 0.907. The molecule has 0 saturated heterocycles. The standard InChI is InChI=1S/C9H20IOSi/c1-9(2,3)7-6-8(10)11-12(4)5/h8H,6-7H2,1-5H3. The Bertz CT molecular complexity index is 120. The van der Waals surface area contributed by atoms with Gasteiger partial charge in [-0.05, 0) is 31.4 Å². The Morgan fingerprint density at radius 3 is 2.17 bits per heavy atom. The van der Waals surface area contributed by atoms with Gasteiger partial charge in [0.2, 0.25) is 9.04 Å². The Labute approximate surface area is 92.1 Å². The minimum Gasteiger partial charge on any atom is -0.406 e. The molecule has 0 bridgehead atoms. The second-order valence-electron chi connectivity index (χ2n) is 4.54. The molecule has 73 valence electrons. The van der Waals surface area contributed by atoms with Crippen molar-refractivity contribution in [3.05, 3.63) is 0 Å². The Balaban J connectivity index is 3.51. The highest BCUT2D eigenvalue weighted by atomic mass is 127. The molecule has 0 heterocycles. The topological polar surface area (TPSA) is 9.23 Å². The van der Waals surface area contributed by atoms with Crippen molar-refractivity contribution in [3.63, 3.8) is 0 Å². The Kier molecular flexibility index (Phi) is 6.02. The molecule has 1 radical (unpaired) electrons. The van der Waals surface area contributed by atoms with E-state index < -0.39 is 9.04 Å². The van der Waals surface area contributed by atoms with E-state index in [1.54, 1.807) is 0 Å². The van der Waals surface area contributed by atoms with Gasteiger partial charge in [0.25, 0.3) is 0 Å². The van der Waals surface area contributed by atoms with Gasteiger partial charge in [-0.1, -0.05) is 43.4 Å². The van der Waals surface area contributed by atoms with E-state index in [4.69, 9.17) is 4.43 Å². The molecule has 0 amide bonds. The maximum absolute atomic E-state index is 5.73. The van der Waals surface area contributed by atoms with Crippen LogP contribution in [0, 0.1) is 5.41 Å². The van der Waals surface area contributed by atoms with Crippen LogP contribution in [0.4, 0.5) is 0 Å². The predicted molar refractivity (Wildman–Crippen MR) is 65.1 cm³/mol. The maximum atomic E-state index is 5.73. The summed E-state index contributed by atoms with van der Waals surface area (Å²) < 4.78 is 6.16. The van der Waals surface area contributed by atoms with Gasteiger partial charge in [0.05, 0.1) is 4.11 Å². The molecule has 12 heavy (non-hydrogen) atoms. The van der Waals surface area contributed by atoms with E-state index in [2.05, 4.69) is 56.5 Å². The highest BCUT2D eigenvalue weighted by Gasteiger charge is 2.14. The van der Waals surface area contributed by atoms with Crippen molar-refractivity contribution in [1.82, 2.24) is 0 Å². The third-order valence-electron chi connectivity index (χ3n) is 1.48. The molecule has 0 fully saturated rings. The van der Waals surface area contributed by atoms with E-state index >= 15 is 0 Å². The Morgan fingerprint density at radius 1 is 1.33 bits per heavy atom. The van der Waals surface area contributed by atoms with Gasteiger partial charge in [-0.3, -0.25) is 0 Å². The molecule has 0 aromatic carbocycles. The summed E-state index contributed by atoms with van der Waals surface area (Å²) in [5.41, 5.74) is 0.446. The molecule has 0 aliphatic heterocycles. The summed E-state index contributed by atoms with van der Waals surface area (Å²) in [5, 5.41) is 0. The van der Waals surface area contributed by atoms with Gasteiger partial charge in [0.15, 0.2) is 0 Å². The Morgan fingerprint density at radius 2 is 1.83 bits per heavy atom. The number of hydrogen-bond acceptors (Lipinski definition) is 1. The van der Waals surface area contributed by atoms with E-state index in [9.17, 15) is 0 Å². The van der Waals surface area contributed by atoms with Crippen molar-refractivity contribution in [2.75, 3.05) is 0 Å². The summed E-state index contributed by atoms with van der Waals surface area (Å²) in [6.07, 6.45) is 2.43. The maximum Gasteiger partial charge on any atom is 0.206 e. The first-order valence-corrected chi connectivity index (χ1v) is 8.07. The van der Waals surface area contributed by atoms with Crippen LogP contribution >= 0.6 is 22.6 Å². The van der Waals surface area contributed by atoms with Crippen molar-refractivity contribution in [3.8, 4) is 0 Å². The van der Waals surface area contributed by atoms with Gasteiger partial charge in [0.1, 0.15) is 0 Å². The molecule has 0 aromatic heterocycles. The van der Waals surface area contributed by atoms with Gasteiger partial charge in [-0.25, -0.2) is 0 Å². The second kappa shape index (κ2) is 5.60. The van der Waals surface area contributed by atoms with Crippen LogP contribution in [0.3, 0.4) is 0 Å². The monoisotopic (exact) mass is 299 g/mol. The summed E-state index contributed by atoms with van der Waals surface area (Å²) in [4.78, 5) is 0. The molecule has 0 aliphatic carbocycles. The first-order chi connectivity index (χ1) is 5.31. The summed E-state index contributed by atoms with van der Waals surface area (Å²) in [5.74, 6) is 0. The van der Waals surface area contributed by atoms with E-state index in [1.807, 2.05) is 0 Å². The van der Waals surface area contributed by atoms with E-state index in [0.29, 0.717) is 9.53 Å². The fraction of sp³-hybridized carbons (Fsp3) is 1.00. The molecular weight excluding hydrogens is 279 g/mol. The third-order valence-corrected chi connectivity index (χ3v) is 3.60. The first kappa shape index (κ1) is 12.9. The normalized spacial score (nSPS) is 15.2. The van der Waals surface area contributed by atoms with Gasteiger partial charge in [-0.15, -0.1) is 0 Å². The lowest BCUT2D eigenvalue weighted by atomic mass is 9.91. The zero-order valence-electron chi connectivity index (χ0n) is 8.78. The average Bonchev–Trinajstić information content (AvgIpc) is 1.80. The SMILES string of the molecule is C[Si](C)OC(I)CCC(C)(C)C. The van der Waals surface area contributed by atoms with Gasteiger partial charge >= 0.3 is 0 Å². The molecule has 0 aliphatic rings. The fourth-order valence-corrected chi connectivity index (χ4v) is 3.33. The second-order valence-corrected chi connectivity index (χ2v) is 7.98. The zero-order chi connectivity index (χ0) is 9.78. The van der Waals surface area contributed by atoms with Crippen LogP contribution in [-0.2, 0) is 4.43 Å². The van der Waals surface area contributed by atoms with Crippen LogP contribution in [-0.4, -0.2) is 13.2 Å². The molecule has 0 aromatic rings. The summed E-state index contributed by atoms with van der Waals surface area (Å²) >= 11 is 2.40. The third kappa shape index (κ3) is 9.00. The molecule has 0 N–H and O–H groups in total. The van der Waals surface area contributed by atoms with Crippen molar-refractivity contribution >= 4 is 31.6 Å². The molecular formula is C9H20IOSi. The average molecular weight is 299 g/mol. The van der Waals surface area contributed by atoms with Crippen molar-refractivity contribution < 1.29 is 4.43 Å². The van der Waals surface area contributed by atoms with E-state index in [1.165, 1.54) is 12.8 Å². The summed E-state index contributed by atoms with van der Waals surface area (Å²) in [6.45, 7) is 11.2. The molecule has 0 saturated carbocycles. The van der Waals surface area contributed by atoms with Crippen molar-refractivity contribution in [1.29, 1.82) is 0 Å². The van der Waals surface area contributed by atoms with Crippen LogP contribution in [0.15, 0.2) is 0 Å². The number of halogens is 1. The minimum atomic E-state index is -0.508. The fourth-order valence-electron chi connectivity index (χ4n) is 0.861. The van der Waals surface area contributed by atoms with Gasteiger partial charge in [-0.2, -0.15) is 0 Å². The smallest absolute Gasteiger partial charge is 0.206 e. The van der Waals surface area contributed by atoms with Crippen molar-refractivity contribution in [2.45, 2.75) is 50.8 Å². The van der Waals surface area contributed by atoms with Crippen LogP contribution in [0.5, 0.6) is 0 Å². The number of alkyl halides is 1. The van der Waals surface area contributed by atoms with Gasteiger partial charge in [0, 0.05) is 0 Å². The number of rotatable bonds is 4. The quantitative estimate of drug-likeness (QED) is 0.435. The number of hydrogen-bond donors (Lipinski definition) is 0. The van der Waals surface area contributed by atoms with Gasteiger partial charge < -0.3 is 4.43 Å². The van der Waals surface area contributed by atoms with Crippen LogP contribution in [0.2, 0.25) is 13.1 Å². The highest BCUT2D eigenvalue weighted by molar-refractivity contribution is 14.1. The largest absolute Gasteiger partial charge is 0.406 e. The van der Waals surface area contributed by atoms with Crippen LogP contribution in [0.1, 0.15) is 33.6 Å². The molecule has 0 spiro atoms. The van der Waals surface area contributed by atoms with E-state index in [0.717, 1.165) is 0 Å². The molecule has 0 rings (SSSR count). The highest BCUT2D eigenvalue weighted by Crippen LogP contribution is 2.24. The lowest BCUT2D eigenvalue weighted by Crippen LogP contribution is -2.17. The molecule has 1 atom stereocenters. The lowest BCUT2D eigenvalue weighted by molar-refractivity contribution is 0.258. The molecule has 3 heteroatoms. The van der Waals surface area contributed by atoms with Crippen LogP contribution < -0.4 is 0 Å². The first-order valence-electron chi connectivity index (χ1n) is 4.42. The summed E-state index contributed by atoms with van der Waals surface area (Å²) in [6, 6.07) is 0. The predicted octanol–water partition coefficient (Wildman–Crippen LogP) is 3.84. The van der Waals surface area contributed by atoms with Crippen molar-refractivity contribution in [2.24, 2.45) is 5.41 Å². The lowest BCUT2D eigenvalue weighted by Gasteiger charge is -2.21. The van der Waals surface area contributed by atoms with E-state index in [-0.39, 0.29) is 0 Å². The minimum absolute atomic E-state index is 0.422. The molecule has 1 unspecified atom stereocenters. The molecule has 1 nitrogen and oxygen atoms in total. The zero-order valence-corrected chi connectivity index (χ0v) is 11.9.